The Morgan fingerprint density at radius 3 is 2.86 bits per heavy atom. The zero-order valence-electron chi connectivity index (χ0n) is 11.4. The third-order valence-electron chi connectivity index (χ3n) is 3.06. The lowest BCUT2D eigenvalue weighted by Gasteiger charge is -2.24. The van der Waals surface area contributed by atoms with Crippen LogP contribution in [0.25, 0.3) is 0 Å². The van der Waals surface area contributed by atoms with E-state index in [9.17, 15) is 15.2 Å². The van der Waals surface area contributed by atoms with Crippen LogP contribution < -0.4 is 10.1 Å². The van der Waals surface area contributed by atoms with Gasteiger partial charge in [0.2, 0.25) is 5.75 Å². The third kappa shape index (κ3) is 4.81. The van der Waals surface area contributed by atoms with E-state index in [1.165, 1.54) is 12.1 Å². The first-order valence-electron chi connectivity index (χ1n) is 6.50. The highest BCUT2D eigenvalue weighted by Crippen LogP contribution is 2.38. The van der Waals surface area contributed by atoms with Crippen LogP contribution in [0.5, 0.6) is 5.75 Å². The van der Waals surface area contributed by atoms with Crippen molar-refractivity contribution in [2.24, 2.45) is 0 Å². The molecule has 1 aromatic carbocycles. The number of rotatable bonds is 7. The van der Waals surface area contributed by atoms with Gasteiger partial charge in [-0.1, -0.05) is 11.6 Å². The lowest BCUT2D eigenvalue weighted by atomic mass is 10.1. The number of nitro groups is 1. The highest BCUT2D eigenvalue weighted by Gasteiger charge is 2.29. The minimum atomic E-state index is -1.12. The molecule has 0 bridgehead atoms. The second kappa shape index (κ2) is 6.48. The van der Waals surface area contributed by atoms with Crippen LogP contribution in [0.2, 0.25) is 5.02 Å². The predicted molar refractivity (Wildman–Crippen MR) is 82.9 cm³/mol. The van der Waals surface area contributed by atoms with Crippen LogP contribution in [-0.4, -0.2) is 34.8 Å². The average Bonchev–Trinajstić information content (AvgIpc) is 3.18. The smallest absolute Gasteiger partial charge is 0.313 e. The van der Waals surface area contributed by atoms with E-state index in [0.717, 1.165) is 12.8 Å². The summed E-state index contributed by atoms with van der Waals surface area (Å²) in [6.07, 6.45) is 2.23. The Labute approximate surface area is 135 Å². The van der Waals surface area contributed by atoms with Crippen LogP contribution >= 0.6 is 27.5 Å². The summed E-state index contributed by atoms with van der Waals surface area (Å²) in [4.78, 5) is 10.5. The molecule has 2 rings (SSSR count). The first kappa shape index (κ1) is 16.5. The summed E-state index contributed by atoms with van der Waals surface area (Å²) in [5, 5.41) is 24.7. The number of halogens is 2. The van der Waals surface area contributed by atoms with Crippen molar-refractivity contribution in [3.05, 3.63) is 31.7 Å². The van der Waals surface area contributed by atoms with Gasteiger partial charge in [0.15, 0.2) is 0 Å². The van der Waals surface area contributed by atoms with Crippen molar-refractivity contribution in [2.45, 2.75) is 31.4 Å². The van der Waals surface area contributed by atoms with E-state index >= 15 is 0 Å². The Hall–Kier alpha value is -0.890. The number of nitro benzene ring substituents is 1. The summed E-state index contributed by atoms with van der Waals surface area (Å²) in [6, 6.07) is 3.20. The SMILES string of the molecule is CC(O)(CNC1CC1)COc1c(Br)cc(Cl)cc1[N+](=O)[O-]. The maximum atomic E-state index is 11.0. The first-order chi connectivity index (χ1) is 9.78. The predicted octanol–water partition coefficient (Wildman–Crippen LogP) is 2.89. The normalized spacial score (nSPS) is 17.3. The van der Waals surface area contributed by atoms with Crippen molar-refractivity contribution in [1.29, 1.82) is 0 Å². The molecule has 1 atom stereocenters. The van der Waals surface area contributed by atoms with Gasteiger partial charge >= 0.3 is 5.69 Å². The third-order valence-corrected chi connectivity index (χ3v) is 3.87. The molecule has 0 radical (unpaired) electrons. The van der Waals surface area contributed by atoms with Crippen molar-refractivity contribution in [3.63, 3.8) is 0 Å². The van der Waals surface area contributed by atoms with Gasteiger partial charge in [0.25, 0.3) is 0 Å². The molecule has 1 fully saturated rings. The molecule has 1 aliphatic rings. The number of benzene rings is 1. The summed E-state index contributed by atoms with van der Waals surface area (Å²) in [5.41, 5.74) is -1.35. The molecule has 0 heterocycles. The molecule has 1 unspecified atom stereocenters. The van der Waals surface area contributed by atoms with Gasteiger partial charge in [0.1, 0.15) is 12.2 Å². The molecular formula is C13H16BrClN2O4. The molecule has 1 aliphatic carbocycles. The molecule has 0 saturated heterocycles. The molecule has 8 heteroatoms. The number of hydrogen-bond donors (Lipinski definition) is 2. The van der Waals surface area contributed by atoms with E-state index in [-0.39, 0.29) is 23.1 Å². The Balaban J connectivity index is 2.05. The zero-order chi connectivity index (χ0) is 15.6. The number of nitrogens with one attached hydrogen (secondary N) is 1. The summed E-state index contributed by atoms with van der Waals surface area (Å²) < 4.78 is 5.85. The summed E-state index contributed by atoms with van der Waals surface area (Å²) in [5.74, 6) is 0.0658. The van der Waals surface area contributed by atoms with Gasteiger partial charge in [-0.2, -0.15) is 0 Å². The van der Waals surface area contributed by atoms with Crippen molar-refractivity contribution in [3.8, 4) is 5.75 Å². The largest absolute Gasteiger partial charge is 0.483 e. The number of hydrogen-bond acceptors (Lipinski definition) is 5. The van der Waals surface area contributed by atoms with Crippen LogP contribution in [0.15, 0.2) is 16.6 Å². The fourth-order valence-electron chi connectivity index (χ4n) is 1.76. The monoisotopic (exact) mass is 378 g/mol. The van der Waals surface area contributed by atoms with E-state index in [1.807, 2.05) is 0 Å². The van der Waals surface area contributed by atoms with Crippen LogP contribution in [0.4, 0.5) is 5.69 Å². The van der Waals surface area contributed by atoms with Gasteiger partial charge in [-0.05, 0) is 41.8 Å². The van der Waals surface area contributed by atoms with Gasteiger partial charge in [0, 0.05) is 23.7 Å². The van der Waals surface area contributed by atoms with Crippen molar-refractivity contribution < 1.29 is 14.8 Å². The fraction of sp³-hybridized carbons (Fsp3) is 0.538. The Morgan fingerprint density at radius 1 is 1.62 bits per heavy atom. The minimum absolute atomic E-state index is 0.0617. The molecule has 1 aromatic rings. The molecule has 0 aliphatic heterocycles. The standard InChI is InChI=1S/C13H16BrClN2O4/c1-13(18,6-16-9-2-3-9)7-21-12-10(14)4-8(15)5-11(12)17(19)20/h4-5,9,16,18H,2-3,6-7H2,1H3. The van der Waals surface area contributed by atoms with E-state index < -0.39 is 10.5 Å². The van der Waals surface area contributed by atoms with Crippen molar-refractivity contribution in [1.82, 2.24) is 5.32 Å². The summed E-state index contributed by atoms with van der Waals surface area (Å²) in [7, 11) is 0. The Bertz CT molecular complexity index is 549. The van der Waals surface area contributed by atoms with Gasteiger partial charge in [0.05, 0.1) is 9.40 Å². The number of ether oxygens (including phenoxy) is 1. The maximum absolute atomic E-state index is 11.0. The molecule has 0 spiro atoms. The lowest BCUT2D eigenvalue weighted by molar-refractivity contribution is -0.386. The molecule has 2 N–H and O–H groups in total. The van der Waals surface area contributed by atoms with Crippen LogP contribution in [0, 0.1) is 10.1 Å². The molecule has 6 nitrogen and oxygen atoms in total. The molecular weight excluding hydrogens is 364 g/mol. The highest BCUT2D eigenvalue weighted by molar-refractivity contribution is 9.10. The number of aliphatic hydroxyl groups is 1. The van der Waals surface area contributed by atoms with E-state index in [1.54, 1.807) is 6.92 Å². The van der Waals surface area contributed by atoms with Crippen LogP contribution in [-0.2, 0) is 0 Å². The quantitative estimate of drug-likeness (QED) is 0.562. The molecule has 116 valence electrons. The molecule has 1 saturated carbocycles. The van der Waals surface area contributed by atoms with Crippen molar-refractivity contribution >= 4 is 33.2 Å². The zero-order valence-corrected chi connectivity index (χ0v) is 13.8. The van der Waals surface area contributed by atoms with Crippen molar-refractivity contribution in [2.75, 3.05) is 13.2 Å². The summed E-state index contributed by atoms with van der Waals surface area (Å²) >= 11 is 8.99. The van der Waals surface area contributed by atoms with Crippen LogP contribution in [0.3, 0.4) is 0 Å². The molecule has 21 heavy (non-hydrogen) atoms. The van der Waals surface area contributed by atoms with Gasteiger partial charge in [-0.15, -0.1) is 0 Å². The summed E-state index contributed by atoms with van der Waals surface area (Å²) in [6.45, 7) is 1.93. The Morgan fingerprint density at radius 2 is 2.29 bits per heavy atom. The van der Waals surface area contributed by atoms with Gasteiger partial charge < -0.3 is 15.2 Å². The lowest BCUT2D eigenvalue weighted by Crippen LogP contribution is -2.43. The Kier molecular flexibility index (Phi) is 5.08. The van der Waals surface area contributed by atoms with Gasteiger partial charge in [-0.25, -0.2) is 0 Å². The number of nitrogens with zero attached hydrogens (tertiary/aromatic N) is 1. The highest BCUT2D eigenvalue weighted by atomic mass is 79.9. The molecule has 0 aromatic heterocycles. The van der Waals surface area contributed by atoms with E-state index in [4.69, 9.17) is 16.3 Å². The first-order valence-corrected chi connectivity index (χ1v) is 7.67. The average molecular weight is 380 g/mol. The molecule has 0 amide bonds. The van der Waals surface area contributed by atoms with E-state index in [0.29, 0.717) is 17.1 Å². The van der Waals surface area contributed by atoms with Gasteiger partial charge in [-0.3, -0.25) is 10.1 Å². The topological polar surface area (TPSA) is 84.6 Å². The van der Waals surface area contributed by atoms with Crippen LogP contribution in [0.1, 0.15) is 19.8 Å². The minimum Gasteiger partial charge on any atom is -0.483 e. The second-order valence-electron chi connectivity index (χ2n) is 5.43. The van der Waals surface area contributed by atoms with E-state index in [2.05, 4.69) is 21.2 Å². The fourth-order valence-corrected chi connectivity index (χ4v) is 2.66. The maximum Gasteiger partial charge on any atom is 0.313 e. The second-order valence-corrected chi connectivity index (χ2v) is 6.72.